The van der Waals surface area contributed by atoms with Gasteiger partial charge in [0, 0.05) is 13.1 Å². The van der Waals surface area contributed by atoms with Crippen LogP contribution in [-0.2, 0) is 18.8 Å². The van der Waals surface area contributed by atoms with Gasteiger partial charge in [-0.25, -0.2) is 4.98 Å². The Morgan fingerprint density at radius 3 is 2.68 bits per heavy atom. The normalized spacial score (nSPS) is 11.0. The SMILES string of the molecule is CCn1c(SCc2nnc(C(=O)NCc3ccc(C)cc3)s2)nc2ccccc2c1=O. The average Bonchev–Trinajstić information content (AvgIpc) is 3.26. The molecule has 9 heteroatoms. The fourth-order valence-electron chi connectivity index (χ4n) is 3.03. The van der Waals surface area contributed by atoms with Crippen LogP contribution < -0.4 is 10.9 Å². The summed E-state index contributed by atoms with van der Waals surface area (Å²) in [6.45, 7) is 4.91. The van der Waals surface area contributed by atoms with Gasteiger partial charge in [-0.05, 0) is 31.5 Å². The zero-order chi connectivity index (χ0) is 21.8. The maximum absolute atomic E-state index is 12.7. The van der Waals surface area contributed by atoms with Crippen molar-refractivity contribution in [1.82, 2.24) is 25.1 Å². The van der Waals surface area contributed by atoms with Crippen molar-refractivity contribution in [3.63, 3.8) is 0 Å². The second-order valence-corrected chi connectivity index (χ2v) is 8.92. The molecule has 7 nitrogen and oxygen atoms in total. The van der Waals surface area contributed by atoms with E-state index in [1.54, 1.807) is 10.6 Å². The topological polar surface area (TPSA) is 89.8 Å². The number of aryl methyl sites for hydroxylation is 1. The van der Waals surface area contributed by atoms with Crippen molar-refractivity contribution in [3.05, 3.63) is 80.0 Å². The van der Waals surface area contributed by atoms with Gasteiger partial charge in [0.25, 0.3) is 11.5 Å². The molecule has 2 aromatic heterocycles. The van der Waals surface area contributed by atoms with E-state index >= 15 is 0 Å². The lowest BCUT2D eigenvalue weighted by molar-refractivity contribution is 0.0950. The van der Waals surface area contributed by atoms with Crippen molar-refractivity contribution in [2.75, 3.05) is 0 Å². The van der Waals surface area contributed by atoms with Crippen LogP contribution in [0.2, 0.25) is 0 Å². The Hall–Kier alpha value is -3.04. The molecule has 0 atom stereocenters. The molecule has 0 fully saturated rings. The van der Waals surface area contributed by atoms with Crippen LogP contribution in [0.15, 0.2) is 58.5 Å². The van der Waals surface area contributed by atoms with Gasteiger partial charge in [-0.15, -0.1) is 10.2 Å². The maximum Gasteiger partial charge on any atom is 0.282 e. The fraction of sp³-hybridized carbons (Fsp3) is 0.227. The van der Waals surface area contributed by atoms with E-state index in [-0.39, 0.29) is 11.5 Å². The molecular formula is C22H21N5O2S2. The second kappa shape index (κ2) is 9.40. The Bertz CT molecular complexity index is 1280. The number of fused-ring (bicyclic) bond motifs is 1. The summed E-state index contributed by atoms with van der Waals surface area (Å²) in [5, 5.41) is 13.3. The number of nitrogens with one attached hydrogen (secondary N) is 1. The van der Waals surface area contributed by atoms with E-state index in [0.29, 0.717) is 44.9 Å². The van der Waals surface area contributed by atoms with Crippen molar-refractivity contribution in [2.24, 2.45) is 0 Å². The molecule has 0 aliphatic carbocycles. The van der Waals surface area contributed by atoms with Gasteiger partial charge >= 0.3 is 0 Å². The third kappa shape index (κ3) is 4.83. The minimum absolute atomic E-state index is 0.0518. The van der Waals surface area contributed by atoms with Crippen LogP contribution >= 0.6 is 23.1 Å². The summed E-state index contributed by atoms with van der Waals surface area (Å²) in [6.07, 6.45) is 0. The first kappa shape index (κ1) is 21.2. The summed E-state index contributed by atoms with van der Waals surface area (Å²) < 4.78 is 1.66. The van der Waals surface area contributed by atoms with Crippen LogP contribution in [0.25, 0.3) is 10.9 Å². The van der Waals surface area contributed by atoms with Crippen molar-refractivity contribution < 1.29 is 4.79 Å². The molecule has 0 saturated carbocycles. The van der Waals surface area contributed by atoms with Gasteiger partial charge in [0.1, 0.15) is 5.01 Å². The largest absolute Gasteiger partial charge is 0.346 e. The monoisotopic (exact) mass is 451 g/mol. The molecule has 0 radical (unpaired) electrons. The number of carbonyl (C=O) groups excluding carboxylic acids is 1. The summed E-state index contributed by atoms with van der Waals surface area (Å²) in [7, 11) is 0. The van der Waals surface area contributed by atoms with E-state index in [1.807, 2.05) is 56.3 Å². The van der Waals surface area contributed by atoms with Crippen molar-refractivity contribution in [3.8, 4) is 0 Å². The van der Waals surface area contributed by atoms with Gasteiger partial charge in [0.2, 0.25) is 5.01 Å². The van der Waals surface area contributed by atoms with Gasteiger partial charge in [-0.2, -0.15) is 0 Å². The van der Waals surface area contributed by atoms with E-state index in [0.717, 1.165) is 5.56 Å². The van der Waals surface area contributed by atoms with E-state index in [2.05, 4.69) is 20.5 Å². The summed E-state index contributed by atoms with van der Waals surface area (Å²) >= 11 is 2.67. The first-order valence-electron chi connectivity index (χ1n) is 9.83. The van der Waals surface area contributed by atoms with Crippen LogP contribution in [0.1, 0.15) is 32.9 Å². The van der Waals surface area contributed by atoms with Gasteiger partial charge in [0.15, 0.2) is 5.16 Å². The molecular weight excluding hydrogens is 430 g/mol. The van der Waals surface area contributed by atoms with Gasteiger partial charge in [-0.3, -0.25) is 14.2 Å². The molecule has 2 aromatic carbocycles. The Balaban J connectivity index is 1.43. The highest BCUT2D eigenvalue weighted by atomic mass is 32.2. The number of amides is 1. The summed E-state index contributed by atoms with van der Waals surface area (Å²) in [6, 6.07) is 15.3. The smallest absolute Gasteiger partial charge is 0.282 e. The number of carbonyl (C=O) groups is 1. The number of nitrogens with zero attached hydrogens (tertiary/aromatic N) is 4. The van der Waals surface area contributed by atoms with E-state index in [9.17, 15) is 9.59 Å². The van der Waals surface area contributed by atoms with E-state index in [4.69, 9.17) is 0 Å². The molecule has 158 valence electrons. The maximum atomic E-state index is 12.7. The number of aromatic nitrogens is 4. The standard InChI is InChI=1S/C22H21N5O2S2/c1-3-27-21(29)16-6-4-5-7-17(16)24-22(27)30-13-18-25-26-20(31-18)19(28)23-12-15-10-8-14(2)9-11-15/h4-11H,3,12-13H2,1-2H3,(H,23,28). The Kier molecular flexibility index (Phi) is 6.43. The Labute approximate surface area is 187 Å². The molecule has 0 unspecified atom stereocenters. The van der Waals surface area contributed by atoms with Gasteiger partial charge < -0.3 is 5.32 Å². The molecule has 0 spiro atoms. The first-order chi connectivity index (χ1) is 15.0. The van der Waals surface area contributed by atoms with Crippen molar-refractivity contribution in [2.45, 2.75) is 37.8 Å². The molecule has 0 saturated heterocycles. The minimum Gasteiger partial charge on any atom is -0.346 e. The molecule has 1 N–H and O–H groups in total. The van der Waals surface area contributed by atoms with E-state index in [1.165, 1.54) is 28.7 Å². The third-order valence-electron chi connectivity index (χ3n) is 4.70. The van der Waals surface area contributed by atoms with Crippen LogP contribution in [0.5, 0.6) is 0 Å². The van der Waals surface area contributed by atoms with E-state index < -0.39 is 0 Å². The molecule has 0 bridgehead atoms. The van der Waals surface area contributed by atoms with Gasteiger partial charge in [-0.1, -0.05) is 65.1 Å². The van der Waals surface area contributed by atoms with Crippen molar-refractivity contribution in [1.29, 1.82) is 0 Å². The number of rotatable bonds is 7. The number of thioether (sulfide) groups is 1. The Morgan fingerprint density at radius 2 is 1.90 bits per heavy atom. The van der Waals surface area contributed by atoms with Crippen LogP contribution in [0.4, 0.5) is 0 Å². The van der Waals surface area contributed by atoms with Crippen LogP contribution in [0, 0.1) is 6.92 Å². The highest BCUT2D eigenvalue weighted by molar-refractivity contribution is 7.98. The predicted octanol–water partition coefficient (Wildman–Crippen LogP) is 3.80. The second-order valence-electron chi connectivity index (χ2n) is 6.92. The molecule has 4 aromatic rings. The zero-order valence-electron chi connectivity index (χ0n) is 17.2. The highest BCUT2D eigenvalue weighted by Gasteiger charge is 2.15. The molecule has 31 heavy (non-hydrogen) atoms. The average molecular weight is 452 g/mol. The number of benzene rings is 2. The highest BCUT2D eigenvalue weighted by Crippen LogP contribution is 2.24. The number of hydrogen-bond acceptors (Lipinski definition) is 7. The first-order valence-corrected chi connectivity index (χ1v) is 11.6. The summed E-state index contributed by atoms with van der Waals surface area (Å²) in [5.41, 5.74) is 2.83. The molecule has 4 rings (SSSR count). The molecule has 2 heterocycles. The molecule has 0 aliphatic rings. The summed E-state index contributed by atoms with van der Waals surface area (Å²) in [5.74, 6) is 0.233. The van der Waals surface area contributed by atoms with Crippen molar-refractivity contribution >= 4 is 39.9 Å². The number of para-hydroxylation sites is 1. The minimum atomic E-state index is -0.247. The summed E-state index contributed by atoms with van der Waals surface area (Å²) in [4.78, 5) is 29.8. The fourth-order valence-corrected chi connectivity index (χ4v) is 4.84. The lowest BCUT2D eigenvalue weighted by Crippen LogP contribution is -2.22. The molecule has 1 amide bonds. The molecule has 0 aliphatic heterocycles. The zero-order valence-corrected chi connectivity index (χ0v) is 18.8. The van der Waals surface area contributed by atoms with Crippen LogP contribution in [-0.4, -0.2) is 25.7 Å². The third-order valence-corrected chi connectivity index (χ3v) is 6.79. The Morgan fingerprint density at radius 1 is 1.13 bits per heavy atom. The quantitative estimate of drug-likeness (QED) is 0.340. The van der Waals surface area contributed by atoms with Gasteiger partial charge in [0.05, 0.1) is 16.7 Å². The lowest BCUT2D eigenvalue weighted by Gasteiger charge is -2.10. The lowest BCUT2D eigenvalue weighted by atomic mass is 10.1. The predicted molar refractivity (Wildman–Crippen MR) is 123 cm³/mol. The van der Waals surface area contributed by atoms with Crippen LogP contribution in [0.3, 0.4) is 0 Å². The number of hydrogen-bond donors (Lipinski definition) is 1.